The van der Waals surface area contributed by atoms with Gasteiger partial charge in [-0.15, -0.1) is 0 Å². The maximum atomic E-state index is 14.1. The Balaban J connectivity index is 2.00. The smallest absolute Gasteiger partial charge is 0.435 e. The molecule has 0 bridgehead atoms. The van der Waals surface area contributed by atoms with Crippen molar-refractivity contribution in [2.24, 2.45) is 0 Å². The monoisotopic (exact) mass is 498 g/mol. The summed E-state index contributed by atoms with van der Waals surface area (Å²) in [5, 5.41) is 17.9. The van der Waals surface area contributed by atoms with Gasteiger partial charge in [0.15, 0.2) is 5.69 Å². The Morgan fingerprint density at radius 1 is 1.23 bits per heavy atom. The number of rotatable bonds is 6. The van der Waals surface area contributed by atoms with Gasteiger partial charge in [0.2, 0.25) is 0 Å². The van der Waals surface area contributed by atoms with Crippen LogP contribution >= 0.6 is 15.9 Å². The van der Waals surface area contributed by atoms with E-state index in [0.29, 0.717) is 16.1 Å². The van der Waals surface area contributed by atoms with Crippen molar-refractivity contribution in [3.05, 3.63) is 75.8 Å². The molecule has 3 aromatic rings. The fraction of sp³-hybridized carbons (Fsp3) is 0.158. The predicted octanol–water partition coefficient (Wildman–Crippen LogP) is 4.24. The molecule has 0 aliphatic heterocycles. The summed E-state index contributed by atoms with van der Waals surface area (Å²) in [6.45, 7) is 1.77. The van der Waals surface area contributed by atoms with Crippen LogP contribution in [-0.2, 0) is 12.7 Å². The normalized spacial score (nSPS) is 11.5. The number of halogens is 5. The van der Waals surface area contributed by atoms with Gasteiger partial charge in [-0.05, 0) is 42.7 Å². The van der Waals surface area contributed by atoms with E-state index in [9.17, 15) is 27.4 Å². The van der Waals surface area contributed by atoms with E-state index in [4.69, 9.17) is 0 Å². The molecule has 0 unspecified atom stereocenters. The third-order valence-corrected chi connectivity index (χ3v) is 4.66. The van der Waals surface area contributed by atoms with Crippen LogP contribution in [0.4, 0.5) is 23.2 Å². The summed E-state index contributed by atoms with van der Waals surface area (Å²) >= 11 is 3.09. The number of alkyl halides is 3. The average Bonchev–Trinajstić information content (AvgIpc) is 3.15. The number of carbonyl (C=O) groups is 1. The number of anilines is 1. The Hall–Kier alpha value is -2.70. The van der Waals surface area contributed by atoms with Crippen molar-refractivity contribution in [3.8, 4) is 5.69 Å². The maximum absolute atomic E-state index is 14.1. The Kier molecular flexibility index (Phi) is 6.82. The molecule has 6 nitrogen and oxygen atoms in total. The number of nitrogens with zero attached hydrogens (tertiary/aromatic N) is 2. The molecule has 0 radical (unpaired) electrons. The summed E-state index contributed by atoms with van der Waals surface area (Å²) in [7, 11) is -0.785. The topological polar surface area (TPSA) is 79.2 Å². The van der Waals surface area contributed by atoms with Crippen molar-refractivity contribution in [2.75, 3.05) is 5.32 Å². The first-order valence-electron chi connectivity index (χ1n) is 8.99. The van der Waals surface area contributed by atoms with Crippen molar-refractivity contribution >= 4 is 34.6 Å². The molecule has 0 saturated carbocycles. The van der Waals surface area contributed by atoms with Crippen LogP contribution in [0.15, 0.2) is 53.0 Å². The SMILES string of the molecule is CB(O)NCc1cccc(-n2nc(C(F)(F)F)cc2C(=O)Nc2ccc(Br)cc2F)c1. The largest absolute Gasteiger partial charge is 0.437 e. The van der Waals surface area contributed by atoms with Gasteiger partial charge in [-0.25, -0.2) is 9.07 Å². The number of nitrogens with one attached hydrogen (secondary N) is 2. The standard InChI is InChI=1S/C19H16BBrF4N4O2/c1-20(31)26-10-11-3-2-4-13(7-11)29-16(9-17(28-29)19(23,24)25)18(30)27-15-6-5-12(21)8-14(15)22/h2-9,26,31H,10H2,1H3,(H,27,30). The van der Waals surface area contributed by atoms with E-state index >= 15 is 0 Å². The third-order valence-electron chi connectivity index (χ3n) is 4.17. The zero-order chi connectivity index (χ0) is 22.8. The van der Waals surface area contributed by atoms with Crippen molar-refractivity contribution in [1.82, 2.24) is 15.0 Å². The molecule has 2 aromatic carbocycles. The highest BCUT2D eigenvalue weighted by Crippen LogP contribution is 2.30. The zero-order valence-corrected chi connectivity index (χ0v) is 17.6. The summed E-state index contributed by atoms with van der Waals surface area (Å²) < 4.78 is 55.2. The van der Waals surface area contributed by atoms with Crippen LogP contribution in [0.2, 0.25) is 6.82 Å². The van der Waals surface area contributed by atoms with E-state index < -0.39 is 36.3 Å². The van der Waals surface area contributed by atoms with Gasteiger partial charge in [0.25, 0.3) is 5.91 Å². The molecule has 0 aliphatic rings. The van der Waals surface area contributed by atoms with Crippen molar-refractivity contribution in [1.29, 1.82) is 0 Å². The Bertz CT molecular complexity index is 1100. The number of aromatic nitrogens is 2. The lowest BCUT2D eigenvalue weighted by molar-refractivity contribution is -0.141. The summed E-state index contributed by atoms with van der Waals surface area (Å²) in [4.78, 5) is 12.7. The molecular formula is C19H16BBrF4N4O2. The van der Waals surface area contributed by atoms with Crippen LogP contribution in [-0.4, -0.2) is 27.8 Å². The lowest BCUT2D eigenvalue weighted by atomic mass is 9.88. The minimum Gasteiger partial charge on any atom is -0.437 e. The fourth-order valence-corrected chi connectivity index (χ4v) is 3.05. The molecule has 162 valence electrons. The van der Waals surface area contributed by atoms with Crippen LogP contribution in [0.3, 0.4) is 0 Å². The quantitative estimate of drug-likeness (QED) is 0.351. The second kappa shape index (κ2) is 9.21. The zero-order valence-electron chi connectivity index (χ0n) is 16.0. The molecule has 1 amide bonds. The van der Waals surface area contributed by atoms with Crippen molar-refractivity contribution in [3.63, 3.8) is 0 Å². The number of hydrogen-bond donors (Lipinski definition) is 3. The van der Waals surface area contributed by atoms with Gasteiger partial charge < -0.3 is 15.6 Å². The summed E-state index contributed by atoms with van der Waals surface area (Å²) in [6, 6.07) is 10.8. The molecule has 3 rings (SSSR count). The fourth-order valence-electron chi connectivity index (χ4n) is 2.72. The summed E-state index contributed by atoms with van der Waals surface area (Å²) in [6.07, 6.45) is -4.78. The van der Waals surface area contributed by atoms with Crippen LogP contribution in [0, 0.1) is 5.82 Å². The van der Waals surface area contributed by atoms with E-state index in [2.05, 4.69) is 31.6 Å². The number of carbonyl (C=O) groups excluding carboxylic acids is 1. The van der Waals surface area contributed by atoms with Gasteiger partial charge in [0.05, 0.1) is 11.4 Å². The number of hydrogen-bond acceptors (Lipinski definition) is 4. The molecule has 0 atom stereocenters. The molecule has 0 aliphatic carbocycles. The van der Waals surface area contributed by atoms with Crippen LogP contribution in [0.1, 0.15) is 21.7 Å². The highest BCUT2D eigenvalue weighted by atomic mass is 79.9. The summed E-state index contributed by atoms with van der Waals surface area (Å²) in [5.41, 5.74) is -1.03. The number of benzene rings is 2. The van der Waals surface area contributed by atoms with Crippen LogP contribution in [0.25, 0.3) is 5.69 Å². The molecule has 3 N–H and O–H groups in total. The highest BCUT2D eigenvalue weighted by Gasteiger charge is 2.36. The Labute approximate surface area is 183 Å². The number of amides is 1. The predicted molar refractivity (Wildman–Crippen MR) is 111 cm³/mol. The van der Waals surface area contributed by atoms with Gasteiger partial charge in [0, 0.05) is 17.1 Å². The van der Waals surface area contributed by atoms with Gasteiger partial charge in [0.1, 0.15) is 11.5 Å². The van der Waals surface area contributed by atoms with E-state index in [1.54, 1.807) is 12.1 Å². The first-order valence-corrected chi connectivity index (χ1v) is 9.78. The van der Waals surface area contributed by atoms with Crippen molar-refractivity contribution < 1.29 is 27.4 Å². The van der Waals surface area contributed by atoms with Gasteiger partial charge >= 0.3 is 13.2 Å². The molecule has 31 heavy (non-hydrogen) atoms. The van der Waals surface area contributed by atoms with E-state index in [-0.39, 0.29) is 17.9 Å². The Morgan fingerprint density at radius 2 is 1.97 bits per heavy atom. The lowest BCUT2D eigenvalue weighted by Gasteiger charge is -2.11. The lowest BCUT2D eigenvalue weighted by Crippen LogP contribution is -2.29. The minimum absolute atomic E-state index is 0.190. The average molecular weight is 499 g/mol. The molecular weight excluding hydrogens is 483 g/mol. The van der Waals surface area contributed by atoms with Crippen LogP contribution in [0.5, 0.6) is 0 Å². The third kappa shape index (κ3) is 5.72. The van der Waals surface area contributed by atoms with Gasteiger partial charge in [-0.2, -0.15) is 18.3 Å². The molecule has 0 saturated heterocycles. The Morgan fingerprint density at radius 3 is 2.61 bits per heavy atom. The molecule has 1 heterocycles. The first kappa shape index (κ1) is 23.0. The van der Waals surface area contributed by atoms with Gasteiger partial charge in [-0.1, -0.05) is 28.1 Å². The van der Waals surface area contributed by atoms with Gasteiger partial charge in [-0.3, -0.25) is 4.79 Å². The van der Waals surface area contributed by atoms with E-state index in [1.165, 1.54) is 31.1 Å². The molecule has 12 heteroatoms. The first-order chi connectivity index (χ1) is 14.5. The highest BCUT2D eigenvalue weighted by molar-refractivity contribution is 9.10. The molecule has 1 aromatic heterocycles. The van der Waals surface area contributed by atoms with E-state index in [0.717, 1.165) is 10.7 Å². The van der Waals surface area contributed by atoms with Crippen molar-refractivity contribution in [2.45, 2.75) is 19.5 Å². The second-order valence-electron chi connectivity index (χ2n) is 6.63. The molecule has 0 spiro atoms. The molecule has 0 fully saturated rings. The van der Waals surface area contributed by atoms with Crippen LogP contribution < -0.4 is 10.5 Å². The second-order valence-corrected chi connectivity index (χ2v) is 7.55. The van der Waals surface area contributed by atoms with E-state index in [1.807, 2.05) is 0 Å². The minimum atomic E-state index is -4.78. The summed E-state index contributed by atoms with van der Waals surface area (Å²) in [5.74, 6) is -1.72. The maximum Gasteiger partial charge on any atom is 0.435 e.